The van der Waals surface area contributed by atoms with Crippen molar-refractivity contribution in [3.63, 3.8) is 0 Å². The summed E-state index contributed by atoms with van der Waals surface area (Å²) in [6.07, 6.45) is 7.86. The average Bonchev–Trinajstić information content (AvgIpc) is 2.38. The molecule has 2 nitrogen and oxygen atoms in total. The van der Waals surface area contributed by atoms with E-state index in [1.54, 1.807) is 0 Å². The highest BCUT2D eigenvalue weighted by atomic mass is 15.0. The van der Waals surface area contributed by atoms with Crippen LogP contribution in [0.3, 0.4) is 0 Å². The van der Waals surface area contributed by atoms with Gasteiger partial charge >= 0.3 is 0 Å². The zero-order valence-corrected chi connectivity index (χ0v) is 16.4. The Labute approximate surface area is 140 Å². The molecule has 0 aliphatic heterocycles. The molecule has 3 unspecified atom stereocenters. The molecule has 0 heterocycles. The third-order valence-corrected chi connectivity index (χ3v) is 6.21. The molecule has 0 bridgehead atoms. The van der Waals surface area contributed by atoms with Gasteiger partial charge in [0.25, 0.3) is 0 Å². The number of hydrogen-bond donors (Lipinski definition) is 2. The lowest BCUT2D eigenvalue weighted by molar-refractivity contribution is 0.0993. The Kier molecular flexibility index (Phi) is 6.95. The predicted octanol–water partition coefficient (Wildman–Crippen LogP) is 4.97. The van der Waals surface area contributed by atoms with Crippen LogP contribution in [0.2, 0.25) is 0 Å². The maximum atomic E-state index is 5.76. The molecule has 1 fully saturated rings. The van der Waals surface area contributed by atoms with Gasteiger partial charge in [0.05, 0.1) is 0 Å². The van der Waals surface area contributed by atoms with Crippen LogP contribution < -0.4 is 11.1 Å². The first-order chi connectivity index (χ1) is 10.00. The van der Waals surface area contributed by atoms with Crippen LogP contribution in [-0.2, 0) is 0 Å². The number of hydrogen-bond acceptors (Lipinski definition) is 2. The topological polar surface area (TPSA) is 38.0 Å². The van der Waals surface area contributed by atoms with Crippen LogP contribution in [0, 0.1) is 22.7 Å². The highest BCUT2D eigenvalue weighted by Gasteiger charge is 2.37. The van der Waals surface area contributed by atoms with E-state index < -0.39 is 0 Å². The van der Waals surface area contributed by atoms with Gasteiger partial charge in [-0.2, -0.15) is 0 Å². The summed E-state index contributed by atoms with van der Waals surface area (Å²) in [6.45, 7) is 18.8. The van der Waals surface area contributed by atoms with Gasteiger partial charge in [0.2, 0.25) is 0 Å². The van der Waals surface area contributed by atoms with Crippen LogP contribution in [0.5, 0.6) is 0 Å². The van der Waals surface area contributed by atoms with Crippen molar-refractivity contribution in [1.82, 2.24) is 5.32 Å². The molecule has 132 valence electrons. The summed E-state index contributed by atoms with van der Waals surface area (Å²) < 4.78 is 0. The average molecular weight is 311 g/mol. The Hall–Kier alpha value is -0.0800. The van der Waals surface area contributed by atoms with Crippen molar-refractivity contribution in [2.45, 2.75) is 92.5 Å². The summed E-state index contributed by atoms with van der Waals surface area (Å²) in [5.74, 6) is 1.68. The summed E-state index contributed by atoms with van der Waals surface area (Å²) in [6, 6.07) is 0. The van der Waals surface area contributed by atoms with Crippen molar-refractivity contribution < 1.29 is 0 Å². The van der Waals surface area contributed by atoms with E-state index >= 15 is 0 Å². The predicted molar refractivity (Wildman–Crippen MR) is 99.1 cm³/mol. The SMILES string of the molecule is CC1CCCC(C)(CNC(C)(C)CCN)CC(C)(C)C(C)C1. The first-order valence-corrected chi connectivity index (χ1v) is 9.45. The monoisotopic (exact) mass is 310 g/mol. The third-order valence-electron chi connectivity index (χ3n) is 6.21. The zero-order chi connectivity index (χ0) is 17.0. The van der Waals surface area contributed by atoms with Crippen molar-refractivity contribution in [3.05, 3.63) is 0 Å². The second-order valence-electron chi connectivity index (χ2n) is 9.89. The smallest absolute Gasteiger partial charge is 0.0137 e. The Bertz CT molecular complexity index is 335. The number of nitrogens with one attached hydrogen (secondary N) is 1. The lowest BCUT2D eigenvalue weighted by atomic mass is 9.66. The fourth-order valence-electron chi connectivity index (χ4n) is 4.33. The molecule has 3 atom stereocenters. The van der Waals surface area contributed by atoms with Crippen LogP contribution in [0.4, 0.5) is 0 Å². The highest BCUT2D eigenvalue weighted by molar-refractivity contribution is 4.91. The van der Waals surface area contributed by atoms with Crippen molar-refractivity contribution in [2.75, 3.05) is 13.1 Å². The summed E-state index contributed by atoms with van der Waals surface area (Å²) in [4.78, 5) is 0. The molecule has 22 heavy (non-hydrogen) atoms. The normalized spacial score (nSPS) is 33.8. The van der Waals surface area contributed by atoms with Crippen LogP contribution in [0.15, 0.2) is 0 Å². The quantitative estimate of drug-likeness (QED) is 0.752. The Balaban J connectivity index is 2.80. The van der Waals surface area contributed by atoms with Gasteiger partial charge in [0, 0.05) is 12.1 Å². The molecule has 2 heteroatoms. The molecular weight excluding hydrogens is 268 g/mol. The fourth-order valence-corrected chi connectivity index (χ4v) is 4.33. The van der Waals surface area contributed by atoms with Gasteiger partial charge in [0.1, 0.15) is 0 Å². The van der Waals surface area contributed by atoms with Gasteiger partial charge in [0.15, 0.2) is 0 Å². The van der Waals surface area contributed by atoms with Crippen molar-refractivity contribution in [3.8, 4) is 0 Å². The molecule has 1 rings (SSSR count). The largest absolute Gasteiger partial charge is 0.330 e. The highest BCUT2D eigenvalue weighted by Crippen LogP contribution is 2.46. The molecule has 0 spiro atoms. The third kappa shape index (κ3) is 6.20. The first-order valence-electron chi connectivity index (χ1n) is 9.45. The maximum Gasteiger partial charge on any atom is 0.0137 e. The Morgan fingerprint density at radius 1 is 1.18 bits per heavy atom. The molecule has 0 amide bonds. The maximum absolute atomic E-state index is 5.76. The van der Waals surface area contributed by atoms with Gasteiger partial charge in [-0.25, -0.2) is 0 Å². The molecule has 0 saturated heterocycles. The van der Waals surface area contributed by atoms with E-state index in [1.807, 2.05) is 0 Å². The van der Waals surface area contributed by atoms with E-state index in [2.05, 4.69) is 53.8 Å². The van der Waals surface area contributed by atoms with Crippen LogP contribution in [-0.4, -0.2) is 18.6 Å². The van der Waals surface area contributed by atoms with Gasteiger partial charge in [-0.1, -0.05) is 47.5 Å². The van der Waals surface area contributed by atoms with Crippen molar-refractivity contribution in [2.24, 2.45) is 28.4 Å². The molecule has 1 saturated carbocycles. The van der Waals surface area contributed by atoms with Gasteiger partial charge in [-0.05, 0) is 68.7 Å². The van der Waals surface area contributed by atoms with Crippen LogP contribution in [0.1, 0.15) is 87.0 Å². The minimum Gasteiger partial charge on any atom is -0.330 e. The molecule has 1 aliphatic carbocycles. The lowest BCUT2D eigenvalue weighted by Gasteiger charge is -2.42. The van der Waals surface area contributed by atoms with Crippen molar-refractivity contribution in [1.29, 1.82) is 0 Å². The molecule has 1 aliphatic rings. The fraction of sp³-hybridized carbons (Fsp3) is 1.00. The molecule has 0 aromatic carbocycles. The first kappa shape index (κ1) is 20.0. The summed E-state index contributed by atoms with van der Waals surface area (Å²) in [7, 11) is 0. The van der Waals surface area contributed by atoms with Crippen LogP contribution in [0.25, 0.3) is 0 Å². The standard InChI is InChI=1S/C20H42N2/c1-16-9-8-10-20(7,14-18(3,4)17(2)13-16)15-22-19(5,6)11-12-21/h16-17,22H,8-15,21H2,1-7H3. The lowest BCUT2D eigenvalue weighted by Crippen LogP contribution is -2.47. The zero-order valence-electron chi connectivity index (χ0n) is 16.4. The number of nitrogens with two attached hydrogens (primary N) is 1. The minimum atomic E-state index is 0.152. The van der Waals surface area contributed by atoms with Gasteiger partial charge in [-0.15, -0.1) is 0 Å². The van der Waals surface area contributed by atoms with Crippen molar-refractivity contribution >= 4 is 0 Å². The molecule has 0 aromatic heterocycles. The second kappa shape index (κ2) is 7.66. The summed E-state index contributed by atoms with van der Waals surface area (Å²) in [5.41, 5.74) is 6.73. The number of rotatable bonds is 5. The molecule has 0 aromatic rings. The van der Waals surface area contributed by atoms with E-state index in [9.17, 15) is 0 Å². The Morgan fingerprint density at radius 3 is 2.41 bits per heavy atom. The van der Waals surface area contributed by atoms with E-state index in [4.69, 9.17) is 5.73 Å². The molecule has 0 radical (unpaired) electrons. The van der Waals surface area contributed by atoms with E-state index in [-0.39, 0.29) is 5.54 Å². The van der Waals surface area contributed by atoms with Gasteiger partial charge < -0.3 is 11.1 Å². The Morgan fingerprint density at radius 2 is 1.82 bits per heavy atom. The molecule has 3 N–H and O–H groups in total. The van der Waals surface area contributed by atoms with Crippen LogP contribution >= 0.6 is 0 Å². The van der Waals surface area contributed by atoms with Gasteiger partial charge in [-0.3, -0.25) is 0 Å². The molecular formula is C20H42N2. The second-order valence-corrected chi connectivity index (χ2v) is 9.89. The summed E-state index contributed by atoms with van der Waals surface area (Å²) >= 11 is 0. The van der Waals surface area contributed by atoms with E-state index in [0.29, 0.717) is 10.8 Å². The minimum absolute atomic E-state index is 0.152. The van der Waals surface area contributed by atoms with E-state index in [1.165, 1.54) is 32.1 Å². The van der Waals surface area contributed by atoms with E-state index in [0.717, 1.165) is 31.3 Å². The summed E-state index contributed by atoms with van der Waals surface area (Å²) in [5, 5.41) is 3.82.